The van der Waals surface area contributed by atoms with E-state index in [9.17, 15) is 4.79 Å². The van der Waals surface area contributed by atoms with Crippen LogP contribution in [0, 0.1) is 0 Å². The van der Waals surface area contributed by atoms with E-state index in [2.05, 4.69) is 15.2 Å². The minimum Gasteiger partial charge on any atom is -0.496 e. The quantitative estimate of drug-likeness (QED) is 0.637. The number of anilines is 1. The molecule has 0 spiro atoms. The molecule has 1 amide bonds. The van der Waals surface area contributed by atoms with E-state index in [1.807, 2.05) is 43.3 Å². The zero-order valence-electron chi connectivity index (χ0n) is 14.8. The van der Waals surface area contributed by atoms with Gasteiger partial charge in [-0.25, -0.2) is 0 Å². The van der Waals surface area contributed by atoms with Crippen LogP contribution in [0.1, 0.15) is 18.9 Å². The highest BCUT2D eigenvalue weighted by atomic mass is 32.1. The molecule has 0 N–H and O–H groups in total. The summed E-state index contributed by atoms with van der Waals surface area (Å²) in [5.74, 6) is 0.691. The van der Waals surface area contributed by atoms with Crippen LogP contribution in [0.15, 0.2) is 48.8 Å². The van der Waals surface area contributed by atoms with Crippen LogP contribution in [-0.2, 0) is 11.2 Å². The predicted molar refractivity (Wildman–Crippen MR) is 102 cm³/mol. The average molecular weight is 368 g/mol. The lowest BCUT2D eigenvalue weighted by Crippen LogP contribution is -2.33. The van der Waals surface area contributed by atoms with Gasteiger partial charge in [0.05, 0.1) is 13.5 Å². The summed E-state index contributed by atoms with van der Waals surface area (Å²) in [5.41, 5.74) is 1.75. The number of carbonyl (C=O) groups is 1. The van der Waals surface area contributed by atoms with Crippen LogP contribution in [0.3, 0.4) is 0 Å². The molecule has 26 heavy (non-hydrogen) atoms. The molecular formula is C19H20N4O2S. The summed E-state index contributed by atoms with van der Waals surface area (Å²) in [6.07, 6.45) is 4.54. The summed E-state index contributed by atoms with van der Waals surface area (Å²) in [4.78, 5) is 18.7. The number of methoxy groups -OCH3 is 1. The number of amides is 1. The lowest BCUT2D eigenvalue weighted by atomic mass is 10.1. The van der Waals surface area contributed by atoms with Crippen molar-refractivity contribution in [2.24, 2.45) is 0 Å². The van der Waals surface area contributed by atoms with Crippen molar-refractivity contribution in [2.45, 2.75) is 19.8 Å². The van der Waals surface area contributed by atoms with E-state index in [0.717, 1.165) is 22.6 Å². The first-order valence-corrected chi connectivity index (χ1v) is 9.20. The Balaban J connectivity index is 1.83. The van der Waals surface area contributed by atoms with Crippen LogP contribution in [-0.4, -0.2) is 34.7 Å². The number of ether oxygens (including phenoxy) is 1. The molecular weight excluding hydrogens is 348 g/mol. The molecule has 0 aliphatic heterocycles. The topological polar surface area (TPSA) is 68.2 Å². The summed E-state index contributed by atoms with van der Waals surface area (Å²) in [7, 11) is 1.61. The third-order valence-electron chi connectivity index (χ3n) is 3.84. The predicted octanol–water partition coefficient (Wildman–Crippen LogP) is 3.59. The van der Waals surface area contributed by atoms with Gasteiger partial charge in [-0.15, -0.1) is 10.2 Å². The van der Waals surface area contributed by atoms with E-state index in [0.29, 0.717) is 17.4 Å². The van der Waals surface area contributed by atoms with Crippen molar-refractivity contribution in [3.63, 3.8) is 0 Å². The van der Waals surface area contributed by atoms with Crippen molar-refractivity contribution in [1.29, 1.82) is 0 Å². The second-order valence-corrected chi connectivity index (χ2v) is 6.62. The Morgan fingerprint density at radius 1 is 1.19 bits per heavy atom. The first kappa shape index (κ1) is 18.0. The fraction of sp³-hybridized carbons (Fsp3) is 0.263. The van der Waals surface area contributed by atoms with Crippen molar-refractivity contribution in [3.05, 3.63) is 54.4 Å². The smallest absolute Gasteiger partial charge is 0.233 e. The maximum absolute atomic E-state index is 12.9. The third-order valence-corrected chi connectivity index (χ3v) is 4.83. The molecule has 0 saturated carbocycles. The van der Waals surface area contributed by atoms with Crippen molar-refractivity contribution < 1.29 is 9.53 Å². The van der Waals surface area contributed by atoms with Crippen LogP contribution in [0.2, 0.25) is 0 Å². The van der Waals surface area contributed by atoms with E-state index in [4.69, 9.17) is 4.74 Å². The van der Waals surface area contributed by atoms with Crippen molar-refractivity contribution in [3.8, 4) is 16.3 Å². The highest BCUT2D eigenvalue weighted by Crippen LogP contribution is 2.29. The summed E-state index contributed by atoms with van der Waals surface area (Å²) >= 11 is 1.39. The van der Waals surface area contributed by atoms with E-state index < -0.39 is 0 Å². The molecule has 0 fully saturated rings. The number of hydrogen-bond donors (Lipinski definition) is 0. The van der Waals surface area contributed by atoms with Crippen LogP contribution in [0.5, 0.6) is 5.75 Å². The SMILES string of the molecule is CCCN(C(=O)Cc1ccccc1OC)c1nnc(-c2cccnc2)s1. The molecule has 1 aromatic carbocycles. The zero-order chi connectivity index (χ0) is 18.4. The molecule has 0 atom stereocenters. The number of hydrogen-bond acceptors (Lipinski definition) is 6. The minimum absolute atomic E-state index is 0.0229. The molecule has 2 heterocycles. The molecule has 0 aliphatic carbocycles. The Morgan fingerprint density at radius 2 is 2.04 bits per heavy atom. The second kappa shape index (κ2) is 8.53. The number of carbonyl (C=O) groups excluding carboxylic acids is 1. The fourth-order valence-electron chi connectivity index (χ4n) is 2.59. The van der Waals surface area contributed by atoms with Gasteiger partial charge >= 0.3 is 0 Å². The summed E-state index contributed by atoms with van der Waals surface area (Å²) in [6.45, 7) is 2.63. The summed E-state index contributed by atoms with van der Waals surface area (Å²) in [6, 6.07) is 11.3. The molecule has 0 bridgehead atoms. The van der Waals surface area contributed by atoms with Gasteiger partial charge in [0.1, 0.15) is 5.75 Å². The highest BCUT2D eigenvalue weighted by Gasteiger charge is 2.21. The first-order chi connectivity index (χ1) is 12.7. The first-order valence-electron chi connectivity index (χ1n) is 8.39. The highest BCUT2D eigenvalue weighted by molar-refractivity contribution is 7.18. The Kier molecular flexibility index (Phi) is 5.91. The van der Waals surface area contributed by atoms with Crippen molar-refractivity contribution in [1.82, 2.24) is 15.2 Å². The molecule has 7 heteroatoms. The Bertz CT molecular complexity index is 867. The standard InChI is InChI=1S/C19H20N4O2S/c1-3-11-23(17(24)12-14-7-4-5-9-16(14)25-2)19-22-21-18(26-19)15-8-6-10-20-13-15/h4-10,13H,3,11-12H2,1-2H3. The number of benzene rings is 1. The Morgan fingerprint density at radius 3 is 2.77 bits per heavy atom. The van der Waals surface area contributed by atoms with Gasteiger partial charge in [-0.3, -0.25) is 14.7 Å². The van der Waals surface area contributed by atoms with Crippen LogP contribution >= 0.6 is 11.3 Å². The van der Waals surface area contributed by atoms with Crippen molar-refractivity contribution >= 4 is 22.4 Å². The van der Waals surface area contributed by atoms with E-state index in [1.54, 1.807) is 24.4 Å². The fourth-order valence-corrected chi connectivity index (χ4v) is 3.47. The van der Waals surface area contributed by atoms with Gasteiger partial charge < -0.3 is 4.74 Å². The zero-order valence-corrected chi connectivity index (χ0v) is 15.6. The molecule has 0 radical (unpaired) electrons. The Labute approximate surface area is 156 Å². The normalized spacial score (nSPS) is 10.5. The maximum Gasteiger partial charge on any atom is 0.233 e. The lowest BCUT2D eigenvalue weighted by molar-refractivity contribution is -0.118. The number of nitrogens with zero attached hydrogens (tertiary/aromatic N) is 4. The van der Waals surface area contributed by atoms with Crippen molar-refractivity contribution in [2.75, 3.05) is 18.6 Å². The second-order valence-electron chi connectivity index (χ2n) is 5.67. The minimum atomic E-state index is -0.0229. The van der Waals surface area contributed by atoms with Crippen LogP contribution in [0.25, 0.3) is 10.6 Å². The molecule has 2 aromatic heterocycles. The number of para-hydroxylation sites is 1. The van der Waals surface area contributed by atoms with E-state index in [-0.39, 0.29) is 12.3 Å². The largest absolute Gasteiger partial charge is 0.496 e. The molecule has 3 rings (SSSR count). The number of aromatic nitrogens is 3. The molecule has 0 aliphatic rings. The lowest BCUT2D eigenvalue weighted by Gasteiger charge is -2.19. The van der Waals surface area contributed by atoms with Gasteiger partial charge in [-0.1, -0.05) is 36.5 Å². The molecule has 6 nitrogen and oxygen atoms in total. The molecule has 0 saturated heterocycles. The number of pyridine rings is 1. The van der Waals surface area contributed by atoms with Gasteiger partial charge in [0.2, 0.25) is 11.0 Å². The van der Waals surface area contributed by atoms with E-state index >= 15 is 0 Å². The molecule has 3 aromatic rings. The van der Waals surface area contributed by atoms with E-state index in [1.165, 1.54) is 11.3 Å². The van der Waals surface area contributed by atoms with Crippen LogP contribution < -0.4 is 9.64 Å². The van der Waals surface area contributed by atoms with Crippen LogP contribution in [0.4, 0.5) is 5.13 Å². The summed E-state index contributed by atoms with van der Waals surface area (Å²) < 4.78 is 5.35. The number of rotatable bonds is 7. The molecule has 0 unspecified atom stereocenters. The van der Waals surface area contributed by atoms with Gasteiger partial charge in [0.25, 0.3) is 0 Å². The van der Waals surface area contributed by atoms with Gasteiger partial charge in [0, 0.05) is 30.1 Å². The van der Waals surface area contributed by atoms with Gasteiger partial charge in [-0.05, 0) is 24.6 Å². The van der Waals surface area contributed by atoms with Gasteiger partial charge in [-0.2, -0.15) is 0 Å². The average Bonchev–Trinajstić information content (AvgIpc) is 3.17. The van der Waals surface area contributed by atoms with Gasteiger partial charge in [0.15, 0.2) is 5.01 Å². The Hall–Kier alpha value is -2.80. The third kappa shape index (κ3) is 4.05. The monoisotopic (exact) mass is 368 g/mol. The maximum atomic E-state index is 12.9. The summed E-state index contributed by atoms with van der Waals surface area (Å²) in [5, 5.41) is 9.81. The molecule has 134 valence electrons.